The molecule has 1 aliphatic heterocycles. The van der Waals surface area contributed by atoms with Gasteiger partial charge in [-0.2, -0.15) is 9.40 Å². The van der Waals surface area contributed by atoms with E-state index in [-0.39, 0.29) is 4.90 Å². The van der Waals surface area contributed by atoms with Gasteiger partial charge in [-0.05, 0) is 48.6 Å². The Morgan fingerprint density at radius 2 is 1.74 bits per heavy atom. The highest BCUT2D eigenvalue weighted by Crippen LogP contribution is 2.18. The molecule has 1 aliphatic rings. The van der Waals surface area contributed by atoms with Crippen molar-refractivity contribution in [1.82, 2.24) is 23.4 Å². The minimum absolute atomic E-state index is 0.111. The third-order valence-electron chi connectivity index (χ3n) is 4.61. The first-order valence-corrected chi connectivity index (χ1v) is 10.3. The van der Waals surface area contributed by atoms with Crippen LogP contribution in [0.4, 0.5) is 4.39 Å². The maximum absolute atomic E-state index is 13.1. The van der Waals surface area contributed by atoms with Crippen molar-refractivity contribution in [2.45, 2.75) is 11.6 Å². The van der Waals surface area contributed by atoms with E-state index >= 15 is 0 Å². The van der Waals surface area contributed by atoms with Gasteiger partial charge in [0.2, 0.25) is 14.8 Å². The molecule has 3 heterocycles. The third-order valence-corrected chi connectivity index (χ3v) is 6.93. The molecule has 142 valence electrons. The highest BCUT2D eigenvalue weighted by Gasteiger charge is 2.28. The second kappa shape index (κ2) is 7.12. The summed E-state index contributed by atoms with van der Waals surface area (Å²) in [6.45, 7) is 2.36. The lowest BCUT2D eigenvalue weighted by Crippen LogP contribution is -2.48. The standard InChI is InChI=1S/C17H18FN5O2S2/c18-14-4-6-15(7-5-14)27(24,25)21-11-9-20(10-12-21)13-23-17(26)22-8-2-1-3-16(22)19-23/h1-8H,9-13H2. The molecule has 1 fully saturated rings. The zero-order chi connectivity index (χ0) is 19.0. The topological polar surface area (TPSA) is 62.9 Å². The number of hydrogen-bond donors (Lipinski definition) is 0. The van der Waals surface area contributed by atoms with Gasteiger partial charge < -0.3 is 0 Å². The van der Waals surface area contributed by atoms with Crippen molar-refractivity contribution in [1.29, 1.82) is 0 Å². The Morgan fingerprint density at radius 1 is 1.04 bits per heavy atom. The quantitative estimate of drug-likeness (QED) is 0.619. The number of hydrogen-bond acceptors (Lipinski definition) is 5. The van der Waals surface area contributed by atoms with Crippen LogP contribution in [-0.4, -0.2) is 58.0 Å². The van der Waals surface area contributed by atoms with Crippen LogP contribution in [0.5, 0.6) is 0 Å². The zero-order valence-corrected chi connectivity index (χ0v) is 16.0. The molecule has 3 aromatic rings. The van der Waals surface area contributed by atoms with Gasteiger partial charge in [-0.25, -0.2) is 17.5 Å². The second-order valence-corrected chi connectivity index (χ2v) is 8.63. The average molecular weight is 407 g/mol. The summed E-state index contributed by atoms with van der Waals surface area (Å²) in [6, 6.07) is 10.6. The van der Waals surface area contributed by atoms with E-state index in [1.807, 2.05) is 28.8 Å². The van der Waals surface area contributed by atoms with E-state index in [4.69, 9.17) is 12.2 Å². The molecule has 0 spiro atoms. The summed E-state index contributed by atoms with van der Waals surface area (Å²) in [4.78, 5) is 2.22. The van der Waals surface area contributed by atoms with Crippen molar-refractivity contribution < 1.29 is 12.8 Å². The predicted octanol–water partition coefficient (Wildman–Crippen LogP) is 1.97. The maximum Gasteiger partial charge on any atom is 0.243 e. The molecule has 4 rings (SSSR count). The van der Waals surface area contributed by atoms with Crippen molar-refractivity contribution in [3.8, 4) is 0 Å². The van der Waals surface area contributed by atoms with E-state index in [2.05, 4.69) is 10.00 Å². The molecule has 0 bridgehead atoms. The Hall–Kier alpha value is -2.14. The van der Waals surface area contributed by atoms with E-state index in [0.717, 1.165) is 17.8 Å². The molecule has 10 heteroatoms. The number of rotatable bonds is 4. The summed E-state index contributed by atoms with van der Waals surface area (Å²) in [7, 11) is -3.61. The van der Waals surface area contributed by atoms with Crippen LogP contribution in [0.15, 0.2) is 53.6 Å². The van der Waals surface area contributed by atoms with E-state index in [9.17, 15) is 12.8 Å². The Bertz CT molecular complexity index is 1120. The molecule has 0 saturated carbocycles. The summed E-state index contributed by atoms with van der Waals surface area (Å²) in [5.74, 6) is -0.456. The van der Waals surface area contributed by atoms with E-state index < -0.39 is 15.8 Å². The van der Waals surface area contributed by atoms with Gasteiger partial charge in [0.15, 0.2) is 5.65 Å². The zero-order valence-electron chi connectivity index (χ0n) is 14.4. The number of pyridine rings is 1. The molecule has 0 atom stereocenters. The van der Waals surface area contributed by atoms with Gasteiger partial charge in [0, 0.05) is 32.4 Å². The van der Waals surface area contributed by atoms with Crippen molar-refractivity contribution in [3.05, 3.63) is 59.2 Å². The molecule has 0 N–H and O–H groups in total. The summed E-state index contributed by atoms with van der Waals surface area (Å²) in [6.07, 6.45) is 1.87. The van der Waals surface area contributed by atoms with Gasteiger partial charge in [0.1, 0.15) is 5.82 Å². The number of aromatic nitrogens is 3. The lowest BCUT2D eigenvalue weighted by Gasteiger charge is -2.33. The van der Waals surface area contributed by atoms with E-state index in [1.165, 1.54) is 16.4 Å². The summed E-state index contributed by atoms with van der Waals surface area (Å²) < 4.78 is 44.0. The first-order valence-electron chi connectivity index (χ1n) is 8.47. The van der Waals surface area contributed by atoms with Crippen LogP contribution in [-0.2, 0) is 16.7 Å². The highest BCUT2D eigenvalue weighted by molar-refractivity contribution is 7.89. The van der Waals surface area contributed by atoms with E-state index in [0.29, 0.717) is 37.6 Å². The fraction of sp³-hybridized carbons (Fsp3) is 0.294. The minimum Gasteiger partial charge on any atom is -0.282 e. The molecule has 0 aliphatic carbocycles. The van der Waals surface area contributed by atoms with Gasteiger partial charge >= 0.3 is 0 Å². The first-order chi connectivity index (χ1) is 12.9. The van der Waals surface area contributed by atoms with Gasteiger partial charge in [-0.15, -0.1) is 0 Å². The summed E-state index contributed by atoms with van der Waals surface area (Å²) in [5.41, 5.74) is 0.778. The molecule has 7 nitrogen and oxygen atoms in total. The summed E-state index contributed by atoms with van der Waals surface area (Å²) in [5, 5.41) is 4.50. The number of fused-ring (bicyclic) bond motifs is 1. The van der Waals surface area contributed by atoms with Gasteiger partial charge in [-0.1, -0.05) is 6.07 Å². The van der Waals surface area contributed by atoms with Crippen LogP contribution in [0.2, 0.25) is 0 Å². The van der Waals surface area contributed by atoms with Gasteiger partial charge in [0.25, 0.3) is 0 Å². The van der Waals surface area contributed by atoms with Crippen molar-refractivity contribution in [2.24, 2.45) is 0 Å². The monoisotopic (exact) mass is 407 g/mol. The van der Waals surface area contributed by atoms with E-state index in [1.54, 1.807) is 4.68 Å². The Labute approximate surface area is 161 Å². The van der Waals surface area contributed by atoms with Crippen LogP contribution in [0.25, 0.3) is 5.65 Å². The van der Waals surface area contributed by atoms with Gasteiger partial charge in [0.05, 0.1) is 11.6 Å². The molecule has 2 aromatic heterocycles. The highest BCUT2D eigenvalue weighted by atomic mass is 32.2. The van der Waals surface area contributed by atoms with Crippen molar-refractivity contribution >= 4 is 27.9 Å². The lowest BCUT2D eigenvalue weighted by molar-refractivity contribution is 0.145. The number of benzene rings is 1. The van der Waals surface area contributed by atoms with Crippen LogP contribution in [0.3, 0.4) is 0 Å². The Kier molecular flexibility index (Phi) is 4.81. The number of halogens is 1. The predicted molar refractivity (Wildman–Crippen MR) is 101 cm³/mol. The smallest absolute Gasteiger partial charge is 0.243 e. The molecule has 27 heavy (non-hydrogen) atoms. The molecule has 0 unspecified atom stereocenters. The normalized spacial score (nSPS) is 16.8. The fourth-order valence-corrected chi connectivity index (χ4v) is 4.79. The second-order valence-electron chi connectivity index (χ2n) is 6.33. The van der Waals surface area contributed by atoms with Crippen LogP contribution in [0, 0.1) is 10.6 Å². The van der Waals surface area contributed by atoms with Crippen LogP contribution >= 0.6 is 12.2 Å². The number of piperazine rings is 1. The molecule has 0 radical (unpaired) electrons. The third kappa shape index (κ3) is 3.53. The van der Waals surface area contributed by atoms with Crippen LogP contribution in [0.1, 0.15) is 0 Å². The van der Waals surface area contributed by atoms with Crippen LogP contribution < -0.4 is 0 Å². The molecular weight excluding hydrogens is 389 g/mol. The fourth-order valence-electron chi connectivity index (χ4n) is 3.12. The lowest BCUT2D eigenvalue weighted by atomic mass is 10.4. The SMILES string of the molecule is O=S(=O)(c1ccc(F)cc1)N1CCN(Cn2nc3ccccn3c2=S)CC1. The largest absolute Gasteiger partial charge is 0.282 e. The molecule has 0 amide bonds. The maximum atomic E-state index is 13.1. The Balaban J connectivity index is 1.45. The molecular formula is C17H18FN5O2S2. The minimum atomic E-state index is -3.61. The van der Waals surface area contributed by atoms with Crippen molar-refractivity contribution in [2.75, 3.05) is 26.2 Å². The average Bonchev–Trinajstić information content (AvgIpc) is 2.98. The molecule has 1 saturated heterocycles. The summed E-state index contributed by atoms with van der Waals surface area (Å²) >= 11 is 5.45. The number of nitrogens with zero attached hydrogens (tertiary/aromatic N) is 5. The van der Waals surface area contributed by atoms with Crippen molar-refractivity contribution in [3.63, 3.8) is 0 Å². The molecule has 1 aromatic carbocycles. The van der Waals surface area contributed by atoms with Gasteiger partial charge in [-0.3, -0.25) is 9.30 Å². The Morgan fingerprint density at radius 3 is 2.41 bits per heavy atom. The number of sulfonamides is 1. The first kappa shape index (κ1) is 18.2.